The predicted molar refractivity (Wildman–Crippen MR) is 74.8 cm³/mol. The highest BCUT2D eigenvalue weighted by atomic mass is 79.9. The van der Waals surface area contributed by atoms with E-state index in [2.05, 4.69) is 15.9 Å². The fourth-order valence-electron chi connectivity index (χ4n) is 2.53. The van der Waals surface area contributed by atoms with Crippen LogP contribution in [-0.2, 0) is 4.79 Å². The van der Waals surface area contributed by atoms with E-state index in [1.165, 1.54) is 7.11 Å². The Morgan fingerprint density at radius 3 is 2.68 bits per heavy atom. The molecule has 1 aliphatic carbocycles. The van der Waals surface area contributed by atoms with Crippen LogP contribution >= 0.6 is 15.9 Å². The number of phenolic OH excluding ortho intramolecular Hbond substituents is 1. The van der Waals surface area contributed by atoms with Gasteiger partial charge in [0, 0.05) is 16.0 Å². The minimum atomic E-state index is -0.838. The average Bonchev–Trinajstić information content (AvgIpc) is 3.16. The van der Waals surface area contributed by atoms with Crippen LogP contribution in [0.3, 0.4) is 0 Å². The van der Waals surface area contributed by atoms with Gasteiger partial charge in [0.1, 0.15) is 0 Å². The summed E-state index contributed by atoms with van der Waals surface area (Å²) in [4.78, 5) is 11.1. The molecule has 5 heteroatoms. The Morgan fingerprint density at radius 2 is 2.21 bits per heavy atom. The number of aliphatic carboxylic acids is 1. The number of benzene rings is 1. The highest BCUT2D eigenvalue weighted by Gasteiger charge is 2.37. The summed E-state index contributed by atoms with van der Waals surface area (Å²) in [6.45, 7) is 1.88. The maximum absolute atomic E-state index is 11.1. The van der Waals surface area contributed by atoms with Crippen LogP contribution in [0.4, 0.5) is 0 Å². The monoisotopic (exact) mass is 328 g/mol. The smallest absolute Gasteiger partial charge is 0.303 e. The van der Waals surface area contributed by atoms with Crippen molar-refractivity contribution in [1.29, 1.82) is 0 Å². The van der Waals surface area contributed by atoms with E-state index in [0.29, 0.717) is 17.2 Å². The van der Waals surface area contributed by atoms with Crippen LogP contribution < -0.4 is 4.74 Å². The molecular weight excluding hydrogens is 312 g/mol. The Morgan fingerprint density at radius 1 is 1.58 bits per heavy atom. The van der Waals surface area contributed by atoms with Gasteiger partial charge in [-0.15, -0.1) is 0 Å². The van der Waals surface area contributed by atoms with E-state index in [0.717, 1.165) is 22.9 Å². The third-order valence-corrected chi connectivity index (χ3v) is 4.51. The van der Waals surface area contributed by atoms with Crippen molar-refractivity contribution in [2.24, 2.45) is 5.92 Å². The Bertz CT molecular complexity index is 509. The Kier molecular flexibility index (Phi) is 4.04. The van der Waals surface area contributed by atoms with E-state index in [9.17, 15) is 9.90 Å². The van der Waals surface area contributed by atoms with Crippen LogP contribution in [-0.4, -0.2) is 23.3 Å². The molecule has 0 radical (unpaired) electrons. The lowest BCUT2D eigenvalue weighted by Gasteiger charge is -2.21. The largest absolute Gasteiger partial charge is 0.504 e. The number of halogens is 1. The number of hydrogen-bond acceptors (Lipinski definition) is 3. The summed E-state index contributed by atoms with van der Waals surface area (Å²) in [5.41, 5.74) is 1.59. The lowest BCUT2D eigenvalue weighted by molar-refractivity contribution is -0.137. The molecule has 1 unspecified atom stereocenters. The zero-order valence-electron chi connectivity index (χ0n) is 10.9. The molecule has 1 aromatic carbocycles. The molecule has 0 amide bonds. The first-order chi connectivity index (χ1) is 8.95. The van der Waals surface area contributed by atoms with Crippen molar-refractivity contribution in [2.45, 2.75) is 32.1 Å². The topological polar surface area (TPSA) is 66.8 Å². The summed E-state index contributed by atoms with van der Waals surface area (Å²) in [5, 5.41) is 19.4. The molecule has 2 N–H and O–H groups in total. The number of methoxy groups -OCH3 is 1. The third-order valence-electron chi connectivity index (χ3n) is 3.68. The maximum Gasteiger partial charge on any atom is 0.303 e. The number of ether oxygens (including phenoxy) is 1. The standard InChI is InChI=1S/C14H17BrO4/c1-7-10(15)6-11(19-2)14(18)13(7)9(5-12(16)17)8-3-4-8/h6,8-9,18H,3-5H2,1-2H3,(H,16,17). The number of carbonyl (C=O) groups is 1. The van der Waals surface area contributed by atoms with E-state index in [1.807, 2.05) is 6.92 Å². The van der Waals surface area contributed by atoms with E-state index in [-0.39, 0.29) is 18.1 Å². The van der Waals surface area contributed by atoms with Gasteiger partial charge in [-0.3, -0.25) is 4.79 Å². The van der Waals surface area contributed by atoms with Crippen LogP contribution in [0.2, 0.25) is 0 Å². The fraction of sp³-hybridized carbons (Fsp3) is 0.500. The Hall–Kier alpha value is -1.23. The molecule has 1 fully saturated rings. The lowest BCUT2D eigenvalue weighted by Crippen LogP contribution is -2.11. The molecule has 4 nitrogen and oxygen atoms in total. The van der Waals surface area contributed by atoms with E-state index in [4.69, 9.17) is 9.84 Å². The molecule has 0 bridgehead atoms. The molecule has 0 heterocycles. The first-order valence-electron chi connectivity index (χ1n) is 6.23. The molecule has 1 aromatic rings. The highest BCUT2D eigenvalue weighted by molar-refractivity contribution is 9.10. The molecule has 0 saturated heterocycles. The minimum Gasteiger partial charge on any atom is -0.504 e. The zero-order chi connectivity index (χ0) is 14.2. The van der Waals surface area contributed by atoms with Gasteiger partial charge in [0.25, 0.3) is 0 Å². The number of hydrogen-bond donors (Lipinski definition) is 2. The van der Waals surface area contributed by atoms with Crippen LogP contribution in [0.5, 0.6) is 11.5 Å². The molecule has 104 valence electrons. The van der Waals surface area contributed by atoms with Gasteiger partial charge in [0.15, 0.2) is 11.5 Å². The molecule has 0 spiro atoms. The van der Waals surface area contributed by atoms with Gasteiger partial charge in [-0.25, -0.2) is 0 Å². The van der Waals surface area contributed by atoms with Crippen LogP contribution in [0, 0.1) is 12.8 Å². The van der Waals surface area contributed by atoms with Crippen molar-refractivity contribution in [2.75, 3.05) is 7.11 Å². The van der Waals surface area contributed by atoms with Crippen molar-refractivity contribution in [3.05, 3.63) is 21.7 Å². The number of carboxylic acids is 1. The second-order valence-corrected chi connectivity index (χ2v) is 5.84. The second-order valence-electron chi connectivity index (χ2n) is 4.99. The summed E-state index contributed by atoms with van der Waals surface area (Å²) in [5.74, 6) is -0.192. The lowest BCUT2D eigenvalue weighted by atomic mass is 9.87. The SMILES string of the molecule is COc1cc(Br)c(C)c(C(CC(=O)O)C2CC2)c1O. The van der Waals surface area contributed by atoms with Crippen molar-refractivity contribution in [1.82, 2.24) is 0 Å². The first-order valence-corrected chi connectivity index (χ1v) is 7.02. The minimum absolute atomic E-state index is 0.0404. The van der Waals surface area contributed by atoms with Crippen LogP contribution in [0.25, 0.3) is 0 Å². The van der Waals surface area contributed by atoms with Crippen molar-refractivity contribution >= 4 is 21.9 Å². The third kappa shape index (κ3) is 2.86. The summed E-state index contributed by atoms with van der Waals surface area (Å²) in [7, 11) is 1.49. The first kappa shape index (κ1) is 14.2. The van der Waals surface area contributed by atoms with Gasteiger partial charge in [-0.05, 0) is 37.3 Å². The van der Waals surface area contributed by atoms with Gasteiger partial charge in [-0.2, -0.15) is 0 Å². The molecule has 1 saturated carbocycles. The van der Waals surface area contributed by atoms with E-state index >= 15 is 0 Å². The number of aromatic hydroxyl groups is 1. The quantitative estimate of drug-likeness (QED) is 0.868. The number of phenols is 1. The molecule has 1 atom stereocenters. The zero-order valence-corrected chi connectivity index (χ0v) is 12.5. The van der Waals surface area contributed by atoms with Gasteiger partial charge < -0.3 is 14.9 Å². The number of rotatable bonds is 5. The summed E-state index contributed by atoms with van der Waals surface area (Å²) >= 11 is 3.44. The van der Waals surface area contributed by atoms with E-state index < -0.39 is 5.97 Å². The van der Waals surface area contributed by atoms with Crippen LogP contribution in [0.1, 0.15) is 36.3 Å². The average molecular weight is 329 g/mol. The number of carboxylic acid groups (broad SMARTS) is 1. The molecular formula is C14H17BrO4. The maximum atomic E-state index is 11.1. The Labute approximate surface area is 120 Å². The highest BCUT2D eigenvalue weighted by Crippen LogP contribution is 2.51. The summed E-state index contributed by atoms with van der Waals surface area (Å²) in [6.07, 6.45) is 2.08. The van der Waals surface area contributed by atoms with Gasteiger partial charge in [0.05, 0.1) is 13.5 Å². The summed E-state index contributed by atoms with van der Waals surface area (Å²) in [6, 6.07) is 1.71. The molecule has 19 heavy (non-hydrogen) atoms. The van der Waals surface area contributed by atoms with Gasteiger partial charge in [-0.1, -0.05) is 15.9 Å². The fourth-order valence-corrected chi connectivity index (χ4v) is 2.95. The van der Waals surface area contributed by atoms with E-state index in [1.54, 1.807) is 6.07 Å². The predicted octanol–water partition coefficient (Wildman–Crippen LogP) is 3.44. The van der Waals surface area contributed by atoms with Gasteiger partial charge >= 0.3 is 5.97 Å². The van der Waals surface area contributed by atoms with Crippen molar-refractivity contribution < 1.29 is 19.7 Å². The van der Waals surface area contributed by atoms with Crippen molar-refractivity contribution in [3.63, 3.8) is 0 Å². The molecule has 0 aliphatic heterocycles. The van der Waals surface area contributed by atoms with Gasteiger partial charge in [0.2, 0.25) is 0 Å². The normalized spacial score (nSPS) is 16.2. The molecule has 1 aliphatic rings. The molecule has 0 aromatic heterocycles. The second kappa shape index (κ2) is 5.41. The van der Waals surface area contributed by atoms with Crippen LogP contribution in [0.15, 0.2) is 10.5 Å². The Balaban J connectivity index is 2.51. The molecule has 2 rings (SSSR count). The van der Waals surface area contributed by atoms with Crippen molar-refractivity contribution in [3.8, 4) is 11.5 Å². The summed E-state index contributed by atoms with van der Waals surface area (Å²) < 4.78 is 5.98.